The smallest absolute Gasteiger partial charge is 0.174 e. The normalized spacial score (nSPS) is 17.8. The van der Waals surface area contributed by atoms with Crippen molar-refractivity contribution >= 4 is 23.0 Å². The molecule has 4 aromatic rings. The summed E-state index contributed by atoms with van der Waals surface area (Å²) >= 11 is 5.75. The molecule has 2 aromatic carbocycles. The first-order valence-electron chi connectivity index (χ1n) is 10.7. The lowest BCUT2D eigenvalue weighted by molar-refractivity contribution is 0.340. The number of anilines is 1. The number of pyridine rings is 1. The van der Waals surface area contributed by atoms with Crippen LogP contribution in [0.15, 0.2) is 89.5 Å². The number of furan rings is 1. The molecule has 1 aliphatic heterocycles. The Hall–Kier alpha value is -3.71. The maximum absolute atomic E-state index is 13.4. The molecule has 0 radical (unpaired) electrons. The van der Waals surface area contributed by atoms with Crippen LogP contribution in [0, 0.1) is 5.82 Å². The van der Waals surface area contributed by atoms with Crippen LogP contribution in [0.2, 0.25) is 0 Å². The number of thiocarbonyl (C=S) groups is 1. The van der Waals surface area contributed by atoms with Crippen molar-refractivity contribution < 1.29 is 13.5 Å². The Kier molecular flexibility index (Phi) is 5.79. The number of rotatable bonds is 6. The van der Waals surface area contributed by atoms with E-state index in [0.717, 1.165) is 28.5 Å². The molecular weight excluding hydrogens is 437 g/mol. The average Bonchev–Trinajstić information content (AvgIpc) is 3.46. The highest BCUT2D eigenvalue weighted by Gasteiger charge is 2.42. The molecule has 0 amide bonds. The lowest BCUT2D eigenvalue weighted by Crippen LogP contribution is -2.29. The molecular formula is C26H22FN3O2S. The molecule has 5 rings (SSSR count). The number of nitrogens with zero attached hydrogens (tertiary/aromatic N) is 2. The van der Waals surface area contributed by atoms with Gasteiger partial charge in [-0.2, -0.15) is 0 Å². The van der Waals surface area contributed by atoms with Crippen LogP contribution in [0.5, 0.6) is 5.75 Å². The van der Waals surface area contributed by atoms with Gasteiger partial charge in [-0.1, -0.05) is 6.07 Å². The Labute approximate surface area is 196 Å². The molecule has 1 N–H and O–H groups in total. The molecule has 7 heteroatoms. The number of nitrogens with one attached hydrogen (secondary N) is 1. The monoisotopic (exact) mass is 459 g/mol. The highest BCUT2D eigenvalue weighted by atomic mass is 32.1. The van der Waals surface area contributed by atoms with Crippen molar-refractivity contribution in [2.75, 3.05) is 11.5 Å². The van der Waals surface area contributed by atoms with Crippen molar-refractivity contribution in [1.82, 2.24) is 10.3 Å². The van der Waals surface area contributed by atoms with Crippen molar-refractivity contribution in [2.24, 2.45) is 0 Å². The molecule has 1 saturated heterocycles. The minimum absolute atomic E-state index is 0.211. The van der Waals surface area contributed by atoms with Gasteiger partial charge in [-0.25, -0.2) is 4.39 Å². The molecule has 0 bridgehead atoms. The van der Waals surface area contributed by atoms with Crippen molar-refractivity contribution in [3.05, 3.63) is 102 Å². The Bertz CT molecular complexity index is 1240. The van der Waals surface area contributed by atoms with Crippen molar-refractivity contribution in [3.8, 4) is 17.1 Å². The summed E-state index contributed by atoms with van der Waals surface area (Å²) in [5, 5.41) is 4.00. The summed E-state index contributed by atoms with van der Waals surface area (Å²) in [6, 6.07) is 23.3. The van der Waals surface area contributed by atoms with Crippen LogP contribution < -0.4 is 15.0 Å². The molecule has 2 aromatic heterocycles. The molecule has 166 valence electrons. The third kappa shape index (κ3) is 4.19. The van der Waals surface area contributed by atoms with Crippen LogP contribution in [0.4, 0.5) is 10.1 Å². The van der Waals surface area contributed by atoms with E-state index in [2.05, 4.69) is 10.3 Å². The van der Waals surface area contributed by atoms with E-state index in [4.69, 9.17) is 21.4 Å². The largest absolute Gasteiger partial charge is 0.494 e. The van der Waals surface area contributed by atoms with Gasteiger partial charge < -0.3 is 19.4 Å². The Morgan fingerprint density at radius 2 is 1.82 bits per heavy atom. The predicted molar refractivity (Wildman–Crippen MR) is 130 cm³/mol. The van der Waals surface area contributed by atoms with Crippen LogP contribution in [0.25, 0.3) is 11.3 Å². The summed E-state index contributed by atoms with van der Waals surface area (Å²) in [5.74, 6) is 1.90. The Balaban J connectivity index is 1.55. The number of ether oxygens (including phenoxy) is 1. The zero-order valence-electron chi connectivity index (χ0n) is 17.9. The SMILES string of the molecule is CCOc1ccc(N2C(=S)N[C@H](c3ccccn3)[C@@H]2c2ccc(-c3ccc(F)cc3)o2)cc1. The fourth-order valence-corrected chi connectivity index (χ4v) is 4.42. The zero-order valence-corrected chi connectivity index (χ0v) is 18.8. The molecule has 0 saturated carbocycles. The van der Waals surface area contributed by atoms with E-state index in [0.29, 0.717) is 17.5 Å². The topological polar surface area (TPSA) is 50.5 Å². The van der Waals surface area contributed by atoms with Crippen LogP contribution in [0.1, 0.15) is 30.5 Å². The van der Waals surface area contributed by atoms with Crippen molar-refractivity contribution in [2.45, 2.75) is 19.0 Å². The summed E-state index contributed by atoms with van der Waals surface area (Å²) in [7, 11) is 0. The maximum atomic E-state index is 13.4. The highest BCUT2D eigenvalue weighted by Crippen LogP contribution is 2.43. The lowest BCUT2D eigenvalue weighted by atomic mass is 10.0. The predicted octanol–water partition coefficient (Wildman–Crippen LogP) is 6.06. The van der Waals surface area contributed by atoms with E-state index in [1.165, 1.54) is 12.1 Å². The van der Waals surface area contributed by atoms with Crippen LogP contribution in [-0.4, -0.2) is 16.7 Å². The summed E-state index contributed by atoms with van der Waals surface area (Å²) < 4.78 is 25.3. The summed E-state index contributed by atoms with van der Waals surface area (Å²) in [6.07, 6.45) is 1.77. The number of benzene rings is 2. The summed E-state index contributed by atoms with van der Waals surface area (Å²) in [4.78, 5) is 6.60. The van der Waals surface area contributed by atoms with E-state index in [-0.39, 0.29) is 17.9 Å². The first-order chi connectivity index (χ1) is 16.1. The van der Waals surface area contributed by atoms with E-state index in [1.807, 2.05) is 66.4 Å². The van der Waals surface area contributed by atoms with E-state index in [1.54, 1.807) is 18.3 Å². The van der Waals surface area contributed by atoms with E-state index in [9.17, 15) is 4.39 Å². The van der Waals surface area contributed by atoms with Crippen molar-refractivity contribution in [1.29, 1.82) is 0 Å². The maximum Gasteiger partial charge on any atom is 0.174 e. The average molecular weight is 460 g/mol. The van der Waals surface area contributed by atoms with Crippen LogP contribution in [0.3, 0.4) is 0 Å². The van der Waals surface area contributed by atoms with Gasteiger partial charge in [0.1, 0.15) is 29.1 Å². The van der Waals surface area contributed by atoms with Gasteiger partial charge in [-0.3, -0.25) is 4.98 Å². The quantitative estimate of drug-likeness (QED) is 0.354. The number of hydrogen-bond donors (Lipinski definition) is 1. The van der Waals surface area contributed by atoms with Gasteiger partial charge in [0, 0.05) is 17.4 Å². The van der Waals surface area contributed by atoms with Gasteiger partial charge in [-0.05, 0) is 91.9 Å². The van der Waals surface area contributed by atoms with Gasteiger partial charge in [-0.15, -0.1) is 0 Å². The van der Waals surface area contributed by atoms with Gasteiger partial charge in [0.2, 0.25) is 0 Å². The van der Waals surface area contributed by atoms with Crippen LogP contribution in [-0.2, 0) is 0 Å². The number of hydrogen-bond acceptors (Lipinski definition) is 4. The fourth-order valence-electron chi connectivity index (χ4n) is 4.07. The van der Waals surface area contributed by atoms with E-state index < -0.39 is 0 Å². The van der Waals surface area contributed by atoms with E-state index >= 15 is 0 Å². The minimum Gasteiger partial charge on any atom is -0.494 e. The van der Waals surface area contributed by atoms with Gasteiger partial charge >= 0.3 is 0 Å². The van der Waals surface area contributed by atoms with Crippen molar-refractivity contribution in [3.63, 3.8) is 0 Å². The second kappa shape index (κ2) is 9.03. The van der Waals surface area contributed by atoms with Gasteiger partial charge in [0.15, 0.2) is 5.11 Å². The number of aromatic nitrogens is 1. The zero-order chi connectivity index (χ0) is 22.8. The summed E-state index contributed by atoms with van der Waals surface area (Å²) in [6.45, 7) is 2.56. The molecule has 1 aliphatic rings. The molecule has 2 atom stereocenters. The fraction of sp³-hybridized carbons (Fsp3) is 0.154. The molecule has 1 fully saturated rings. The standard InChI is InChI=1S/C26H22FN3O2S/c1-2-31-20-12-10-19(11-13-20)30-25(24(29-26(30)33)21-5-3-4-16-28-21)23-15-14-22(32-23)17-6-8-18(27)9-7-17/h3-16,24-25H,2H2,1H3,(H,29,33)/t24-,25+/m1/s1. The van der Waals surface area contributed by atoms with Crippen LogP contribution >= 0.6 is 12.2 Å². The third-order valence-corrected chi connectivity index (χ3v) is 5.89. The molecule has 5 nitrogen and oxygen atoms in total. The molecule has 33 heavy (non-hydrogen) atoms. The first-order valence-corrected chi connectivity index (χ1v) is 11.1. The lowest BCUT2D eigenvalue weighted by Gasteiger charge is -2.26. The Morgan fingerprint density at radius 1 is 1.03 bits per heavy atom. The van der Waals surface area contributed by atoms with Gasteiger partial charge in [0.25, 0.3) is 0 Å². The first kappa shape index (κ1) is 21.2. The second-order valence-corrected chi connectivity index (χ2v) is 8.02. The minimum atomic E-state index is -0.284. The highest BCUT2D eigenvalue weighted by molar-refractivity contribution is 7.80. The molecule has 0 spiro atoms. The molecule has 0 unspecified atom stereocenters. The molecule has 0 aliphatic carbocycles. The number of halogens is 1. The Morgan fingerprint density at radius 3 is 2.52 bits per heavy atom. The van der Waals surface area contributed by atoms with Gasteiger partial charge in [0.05, 0.1) is 18.3 Å². The summed E-state index contributed by atoms with van der Waals surface area (Å²) in [5.41, 5.74) is 2.58. The second-order valence-electron chi connectivity index (χ2n) is 7.63. The molecule has 3 heterocycles. The third-order valence-electron chi connectivity index (χ3n) is 5.57.